The van der Waals surface area contributed by atoms with E-state index < -0.39 is 0 Å². The zero-order valence-electron chi connectivity index (χ0n) is 12.3. The summed E-state index contributed by atoms with van der Waals surface area (Å²) in [6.07, 6.45) is 3.28. The third-order valence-corrected chi connectivity index (χ3v) is 3.24. The van der Waals surface area contributed by atoms with Crippen molar-refractivity contribution < 1.29 is 9.53 Å². The van der Waals surface area contributed by atoms with Gasteiger partial charge in [0.2, 0.25) is 5.91 Å². The average Bonchev–Trinajstić information content (AvgIpc) is 2.43. The Hall–Kier alpha value is -1.42. The summed E-state index contributed by atoms with van der Waals surface area (Å²) in [6, 6.07) is 4.93. The Morgan fingerprint density at radius 2 is 2.15 bits per heavy atom. The molecular formula is C15H23ClN2O2. The molecule has 0 aliphatic carbocycles. The largest absolute Gasteiger partial charge is 0.495 e. The van der Waals surface area contributed by atoms with Gasteiger partial charge < -0.3 is 15.4 Å². The fourth-order valence-corrected chi connectivity index (χ4v) is 2.00. The lowest BCUT2D eigenvalue weighted by Gasteiger charge is -2.17. The van der Waals surface area contributed by atoms with Gasteiger partial charge >= 0.3 is 0 Å². The molecule has 0 aromatic heterocycles. The van der Waals surface area contributed by atoms with Crippen LogP contribution >= 0.6 is 11.6 Å². The van der Waals surface area contributed by atoms with Crippen molar-refractivity contribution in [1.29, 1.82) is 0 Å². The summed E-state index contributed by atoms with van der Waals surface area (Å²) in [5.41, 5.74) is 0.719. The summed E-state index contributed by atoms with van der Waals surface area (Å²) >= 11 is 5.96. The number of carbonyl (C=O) groups is 1. The van der Waals surface area contributed by atoms with Gasteiger partial charge in [0, 0.05) is 11.6 Å². The van der Waals surface area contributed by atoms with Crippen molar-refractivity contribution in [1.82, 2.24) is 5.32 Å². The van der Waals surface area contributed by atoms with E-state index in [4.69, 9.17) is 16.3 Å². The maximum absolute atomic E-state index is 11.9. The second-order valence-electron chi connectivity index (χ2n) is 4.71. The number of benzene rings is 1. The van der Waals surface area contributed by atoms with Gasteiger partial charge in [-0.15, -0.1) is 0 Å². The number of halogens is 1. The summed E-state index contributed by atoms with van der Waals surface area (Å²) in [5, 5.41) is 6.64. The Morgan fingerprint density at radius 3 is 2.80 bits per heavy atom. The van der Waals surface area contributed by atoms with E-state index in [0.717, 1.165) is 24.9 Å². The zero-order chi connectivity index (χ0) is 15.0. The first-order valence-corrected chi connectivity index (χ1v) is 7.34. The number of methoxy groups -OCH3 is 1. The molecule has 1 atom stereocenters. The van der Waals surface area contributed by atoms with Gasteiger partial charge in [0.25, 0.3) is 0 Å². The number of carbonyl (C=O) groups excluding carboxylic acids is 1. The van der Waals surface area contributed by atoms with Crippen molar-refractivity contribution in [2.24, 2.45) is 0 Å². The normalized spacial score (nSPS) is 11.8. The van der Waals surface area contributed by atoms with Crippen LogP contribution in [0.5, 0.6) is 5.75 Å². The van der Waals surface area contributed by atoms with E-state index in [1.165, 1.54) is 0 Å². The molecule has 0 heterocycles. The molecule has 2 N–H and O–H groups in total. The molecule has 0 radical (unpaired) electrons. The minimum absolute atomic E-state index is 0.0249. The smallest absolute Gasteiger partial charge is 0.242 e. The van der Waals surface area contributed by atoms with E-state index in [2.05, 4.69) is 17.6 Å². The standard InChI is InChI=1S/C15H23ClN2O2/c1-4-5-6-9-17-15(19)11(2)18-13-10-12(16)7-8-14(13)20-3/h7-8,10-11,18H,4-6,9H2,1-3H3,(H,17,19). The van der Waals surface area contributed by atoms with E-state index in [9.17, 15) is 4.79 Å². The Balaban J connectivity index is 2.54. The molecular weight excluding hydrogens is 276 g/mol. The van der Waals surface area contributed by atoms with Gasteiger partial charge in [0.1, 0.15) is 11.8 Å². The third-order valence-electron chi connectivity index (χ3n) is 3.01. The molecule has 0 aliphatic rings. The summed E-state index contributed by atoms with van der Waals surface area (Å²) < 4.78 is 5.24. The van der Waals surface area contributed by atoms with E-state index in [1.807, 2.05) is 6.92 Å². The lowest BCUT2D eigenvalue weighted by atomic mass is 10.2. The van der Waals surface area contributed by atoms with Crippen LogP contribution in [0.2, 0.25) is 5.02 Å². The highest BCUT2D eigenvalue weighted by molar-refractivity contribution is 6.30. The Morgan fingerprint density at radius 1 is 1.40 bits per heavy atom. The van der Waals surface area contributed by atoms with E-state index in [1.54, 1.807) is 25.3 Å². The maximum Gasteiger partial charge on any atom is 0.242 e. The molecule has 0 saturated carbocycles. The van der Waals surface area contributed by atoms with E-state index >= 15 is 0 Å². The van der Waals surface area contributed by atoms with Gasteiger partial charge in [-0.2, -0.15) is 0 Å². The highest BCUT2D eigenvalue weighted by Gasteiger charge is 2.14. The number of hydrogen-bond acceptors (Lipinski definition) is 3. The van der Waals surface area contributed by atoms with Crippen LogP contribution in [-0.4, -0.2) is 25.6 Å². The van der Waals surface area contributed by atoms with Gasteiger partial charge in [-0.25, -0.2) is 0 Å². The second kappa shape index (κ2) is 8.69. The molecule has 0 fully saturated rings. The molecule has 0 bridgehead atoms. The molecule has 20 heavy (non-hydrogen) atoms. The van der Waals surface area contributed by atoms with Crippen LogP contribution in [0, 0.1) is 0 Å². The maximum atomic E-state index is 11.9. The van der Waals surface area contributed by atoms with Crippen molar-refractivity contribution in [2.75, 3.05) is 19.0 Å². The molecule has 0 saturated heterocycles. The van der Waals surface area contributed by atoms with Crippen LogP contribution in [0.15, 0.2) is 18.2 Å². The molecule has 1 amide bonds. The number of nitrogens with one attached hydrogen (secondary N) is 2. The van der Waals surface area contributed by atoms with Crippen molar-refractivity contribution in [3.8, 4) is 5.75 Å². The van der Waals surface area contributed by atoms with Crippen LogP contribution in [-0.2, 0) is 4.79 Å². The van der Waals surface area contributed by atoms with Crippen LogP contribution in [0.3, 0.4) is 0 Å². The topological polar surface area (TPSA) is 50.4 Å². The molecule has 4 nitrogen and oxygen atoms in total. The van der Waals surface area contributed by atoms with Crippen LogP contribution in [0.4, 0.5) is 5.69 Å². The zero-order valence-corrected chi connectivity index (χ0v) is 13.1. The molecule has 1 rings (SSSR count). The molecule has 0 aliphatic heterocycles. The lowest BCUT2D eigenvalue weighted by molar-refractivity contribution is -0.121. The molecule has 112 valence electrons. The fraction of sp³-hybridized carbons (Fsp3) is 0.533. The summed E-state index contributed by atoms with van der Waals surface area (Å²) in [4.78, 5) is 11.9. The van der Waals surface area contributed by atoms with Gasteiger partial charge in [-0.1, -0.05) is 31.4 Å². The fourth-order valence-electron chi connectivity index (χ4n) is 1.83. The number of ether oxygens (including phenoxy) is 1. The molecule has 1 aromatic rings. The second-order valence-corrected chi connectivity index (χ2v) is 5.15. The molecule has 1 aromatic carbocycles. The third kappa shape index (κ3) is 5.29. The van der Waals surface area contributed by atoms with Gasteiger partial charge in [-0.3, -0.25) is 4.79 Å². The molecule has 1 unspecified atom stereocenters. The molecule has 0 spiro atoms. The van der Waals surface area contributed by atoms with E-state index in [0.29, 0.717) is 17.3 Å². The average molecular weight is 299 g/mol. The van der Waals surface area contributed by atoms with E-state index in [-0.39, 0.29) is 11.9 Å². The minimum atomic E-state index is -0.344. The van der Waals surface area contributed by atoms with Crippen molar-refractivity contribution in [2.45, 2.75) is 39.2 Å². The van der Waals surface area contributed by atoms with Crippen LogP contribution in [0.25, 0.3) is 0 Å². The van der Waals surface area contributed by atoms with Gasteiger partial charge in [0.05, 0.1) is 12.8 Å². The highest BCUT2D eigenvalue weighted by Crippen LogP contribution is 2.28. The SMILES string of the molecule is CCCCCNC(=O)C(C)Nc1cc(Cl)ccc1OC. The van der Waals surface area contributed by atoms with Crippen molar-refractivity contribution >= 4 is 23.2 Å². The number of anilines is 1. The van der Waals surface area contributed by atoms with Crippen LogP contribution in [0.1, 0.15) is 33.1 Å². The monoisotopic (exact) mass is 298 g/mol. The minimum Gasteiger partial charge on any atom is -0.495 e. The van der Waals surface area contributed by atoms with Crippen molar-refractivity contribution in [3.63, 3.8) is 0 Å². The van der Waals surface area contributed by atoms with Crippen molar-refractivity contribution in [3.05, 3.63) is 23.2 Å². The quantitative estimate of drug-likeness (QED) is 0.723. The summed E-state index contributed by atoms with van der Waals surface area (Å²) in [7, 11) is 1.59. The number of amides is 1. The number of hydrogen-bond donors (Lipinski definition) is 2. The highest BCUT2D eigenvalue weighted by atomic mass is 35.5. The van der Waals surface area contributed by atoms with Crippen LogP contribution < -0.4 is 15.4 Å². The van der Waals surface area contributed by atoms with Gasteiger partial charge in [0.15, 0.2) is 0 Å². The first-order valence-electron chi connectivity index (χ1n) is 6.96. The Kier molecular flexibility index (Phi) is 7.23. The Bertz CT molecular complexity index is 438. The van der Waals surface area contributed by atoms with Gasteiger partial charge in [-0.05, 0) is 31.5 Å². The number of unbranched alkanes of at least 4 members (excludes halogenated alkanes) is 2. The summed E-state index contributed by atoms with van der Waals surface area (Å²) in [6.45, 7) is 4.66. The lowest BCUT2D eigenvalue weighted by Crippen LogP contribution is -2.38. The summed E-state index contributed by atoms with van der Waals surface area (Å²) in [5.74, 6) is 0.642. The Labute approximate surface area is 125 Å². The predicted octanol–water partition coefficient (Wildman–Crippen LogP) is 3.46. The molecule has 5 heteroatoms. The first kappa shape index (κ1) is 16.6. The number of rotatable bonds is 8. The first-order chi connectivity index (χ1) is 9.58. The predicted molar refractivity (Wildman–Crippen MR) is 83.6 cm³/mol.